The van der Waals surface area contributed by atoms with Crippen molar-refractivity contribution in [2.75, 3.05) is 29.9 Å². The lowest BCUT2D eigenvalue weighted by Gasteiger charge is -2.44. The molecule has 1 fully saturated rings. The summed E-state index contributed by atoms with van der Waals surface area (Å²) in [7, 11) is 0. The molecule has 1 aromatic heterocycles. The molecule has 2 aliphatic heterocycles. The van der Waals surface area contributed by atoms with Gasteiger partial charge in [0.1, 0.15) is 5.75 Å². The molecule has 6 nitrogen and oxygen atoms in total. The minimum Gasteiger partial charge on any atom is -0.507 e. The Labute approximate surface area is 129 Å². The molecule has 114 valence electrons. The zero-order chi connectivity index (χ0) is 15.1. The number of fused-ring (bicyclic) bond motifs is 3. The van der Waals surface area contributed by atoms with Gasteiger partial charge in [-0.15, -0.1) is 10.2 Å². The van der Waals surface area contributed by atoms with E-state index in [1.807, 2.05) is 18.2 Å². The van der Waals surface area contributed by atoms with Crippen LogP contribution >= 0.6 is 0 Å². The first-order chi connectivity index (χ1) is 10.7. The van der Waals surface area contributed by atoms with Crippen molar-refractivity contribution in [1.82, 2.24) is 15.5 Å². The Morgan fingerprint density at radius 2 is 2.09 bits per heavy atom. The zero-order valence-corrected chi connectivity index (χ0v) is 12.5. The summed E-state index contributed by atoms with van der Waals surface area (Å²) in [5.74, 6) is 1.05. The second-order valence-electron chi connectivity index (χ2n) is 5.98. The van der Waals surface area contributed by atoms with Crippen molar-refractivity contribution in [2.45, 2.75) is 19.0 Å². The number of rotatable bonds is 1. The molecule has 2 aromatic rings. The van der Waals surface area contributed by atoms with Gasteiger partial charge in [0.15, 0.2) is 5.82 Å². The fourth-order valence-corrected chi connectivity index (χ4v) is 3.20. The highest BCUT2D eigenvalue weighted by molar-refractivity contribution is 5.76. The minimum atomic E-state index is 0.228. The molecule has 6 heteroatoms. The molecule has 0 unspecified atom stereocenters. The van der Waals surface area contributed by atoms with Crippen molar-refractivity contribution in [3.05, 3.63) is 30.3 Å². The first kappa shape index (κ1) is 13.3. The number of nitrogens with zero attached hydrogens (tertiary/aromatic N) is 3. The molecule has 4 rings (SSSR count). The van der Waals surface area contributed by atoms with E-state index in [1.54, 1.807) is 12.1 Å². The van der Waals surface area contributed by atoms with E-state index in [4.69, 9.17) is 0 Å². The average molecular weight is 297 g/mol. The number of para-hydroxylation sites is 1. The van der Waals surface area contributed by atoms with Crippen LogP contribution in [-0.4, -0.2) is 47.0 Å². The summed E-state index contributed by atoms with van der Waals surface area (Å²) in [5, 5.41) is 25.5. The van der Waals surface area contributed by atoms with Gasteiger partial charge in [-0.1, -0.05) is 12.1 Å². The summed E-state index contributed by atoms with van der Waals surface area (Å²) in [5.41, 5.74) is 2.48. The topological polar surface area (TPSA) is 73.3 Å². The van der Waals surface area contributed by atoms with Gasteiger partial charge in [0.2, 0.25) is 0 Å². The quantitative estimate of drug-likeness (QED) is 0.740. The number of aromatic hydroxyl groups is 1. The van der Waals surface area contributed by atoms with Gasteiger partial charge in [0.05, 0.1) is 17.4 Å². The predicted molar refractivity (Wildman–Crippen MR) is 86.2 cm³/mol. The Balaban J connectivity index is 1.77. The van der Waals surface area contributed by atoms with E-state index in [0.29, 0.717) is 23.3 Å². The zero-order valence-electron chi connectivity index (χ0n) is 12.5. The second-order valence-corrected chi connectivity index (χ2v) is 5.98. The fraction of sp³-hybridized carbons (Fsp3) is 0.375. The number of benzene rings is 1. The van der Waals surface area contributed by atoms with Crippen molar-refractivity contribution in [1.29, 1.82) is 0 Å². The SMILES string of the molecule is C[C@H]1CN2c3cc(-c4ccccc4O)nnc3NC[C@H]2CN1. The van der Waals surface area contributed by atoms with Crippen LogP contribution in [0.3, 0.4) is 0 Å². The van der Waals surface area contributed by atoms with Crippen LogP contribution in [-0.2, 0) is 0 Å². The molecule has 2 atom stereocenters. The summed E-state index contributed by atoms with van der Waals surface area (Å²) < 4.78 is 0. The van der Waals surface area contributed by atoms with Crippen molar-refractivity contribution in [3.8, 4) is 17.0 Å². The Morgan fingerprint density at radius 3 is 2.95 bits per heavy atom. The number of aromatic nitrogens is 2. The third-order valence-electron chi connectivity index (χ3n) is 4.38. The molecule has 22 heavy (non-hydrogen) atoms. The van der Waals surface area contributed by atoms with Crippen LogP contribution in [0.5, 0.6) is 5.75 Å². The smallest absolute Gasteiger partial charge is 0.172 e. The van der Waals surface area contributed by atoms with Crippen molar-refractivity contribution < 1.29 is 5.11 Å². The van der Waals surface area contributed by atoms with Gasteiger partial charge in [-0.2, -0.15) is 0 Å². The number of phenols is 1. The van der Waals surface area contributed by atoms with Crippen LogP contribution in [0.2, 0.25) is 0 Å². The van der Waals surface area contributed by atoms with Gasteiger partial charge >= 0.3 is 0 Å². The van der Waals surface area contributed by atoms with E-state index < -0.39 is 0 Å². The standard InChI is InChI=1S/C16H19N5O/c1-10-9-21-11(7-17-10)8-18-16-14(21)6-13(19-20-16)12-4-2-3-5-15(12)22/h2-6,10-11,17,22H,7-9H2,1H3,(H,18,20)/t10-,11+/m0/s1. The molecule has 1 saturated heterocycles. The minimum absolute atomic E-state index is 0.228. The number of hydrogen-bond donors (Lipinski definition) is 3. The molecular weight excluding hydrogens is 278 g/mol. The Morgan fingerprint density at radius 1 is 1.23 bits per heavy atom. The number of phenolic OH excluding ortho intramolecular Hbond substituents is 1. The summed E-state index contributed by atoms with van der Waals surface area (Å²) in [6.07, 6.45) is 0. The molecule has 0 bridgehead atoms. The maximum atomic E-state index is 10.0. The molecule has 0 amide bonds. The van der Waals surface area contributed by atoms with E-state index in [-0.39, 0.29) is 5.75 Å². The molecule has 0 spiro atoms. The predicted octanol–water partition coefficient (Wildman–Crippen LogP) is 1.44. The van der Waals surface area contributed by atoms with Gasteiger partial charge in [-0.3, -0.25) is 0 Å². The maximum absolute atomic E-state index is 10.0. The Bertz CT molecular complexity index is 705. The Kier molecular flexibility index (Phi) is 3.11. The van der Waals surface area contributed by atoms with E-state index in [2.05, 4.69) is 32.7 Å². The molecule has 0 radical (unpaired) electrons. The van der Waals surface area contributed by atoms with E-state index in [0.717, 1.165) is 31.1 Å². The van der Waals surface area contributed by atoms with Gasteiger partial charge in [0.25, 0.3) is 0 Å². The van der Waals surface area contributed by atoms with Crippen molar-refractivity contribution >= 4 is 11.5 Å². The van der Waals surface area contributed by atoms with E-state index >= 15 is 0 Å². The second kappa shape index (κ2) is 5.14. The van der Waals surface area contributed by atoms with E-state index in [1.165, 1.54) is 0 Å². The highest BCUT2D eigenvalue weighted by atomic mass is 16.3. The van der Waals surface area contributed by atoms with Crippen LogP contribution in [0.1, 0.15) is 6.92 Å². The normalized spacial score (nSPS) is 23.4. The molecular formula is C16H19N5O. The average Bonchev–Trinajstić information content (AvgIpc) is 2.55. The summed E-state index contributed by atoms with van der Waals surface area (Å²) >= 11 is 0. The highest BCUT2D eigenvalue weighted by Gasteiger charge is 2.32. The lowest BCUT2D eigenvalue weighted by atomic mass is 10.0. The number of hydrogen-bond acceptors (Lipinski definition) is 6. The lowest BCUT2D eigenvalue weighted by molar-refractivity contribution is 0.412. The van der Waals surface area contributed by atoms with Crippen LogP contribution in [0.4, 0.5) is 11.5 Å². The number of nitrogens with one attached hydrogen (secondary N) is 2. The molecule has 1 aromatic carbocycles. The van der Waals surface area contributed by atoms with Crippen LogP contribution < -0.4 is 15.5 Å². The van der Waals surface area contributed by atoms with Gasteiger partial charge in [-0.05, 0) is 25.1 Å². The van der Waals surface area contributed by atoms with Crippen molar-refractivity contribution in [3.63, 3.8) is 0 Å². The monoisotopic (exact) mass is 297 g/mol. The maximum Gasteiger partial charge on any atom is 0.172 e. The molecule has 3 N–H and O–H groups in total. The number of anilines is 2. The largest absolute Gasteiger partial charge is 0.507 e. The molecule has 0 saturated carbocycles. The van der Waals surface area contributed by atoms with Crippen LogP contribution in [0.25, 0.3) is 11.3 Å². The van der Waals surface area contributed by atoms with Crippen LogP contribution in [0.15, 0.2) is 30.3 Å². The van der Waals surface area contributed by atoms with Crippen molar-refractivity contribution in [2.24, 2.45) is 0 Å². The number of piperazine rings is 1. The van der Waals surface area contributed by atoms with E-state index in [9.17, 15) is 5.11 Å². The summed E-state index contributed by atoms with van der Waals surface area (Å²) in [4.78, 5) is 2.39. The summed E-state index contributed by atoms with van der Waals surface area (Å²) in [6, 6.07) is 10.1. The fourth-order valence-electron chi connectivity index (χ4n) is 3.20. The van der Waals surface area contributed by atoms with Crippen LogP contribution in [0, 0.1) is 0 Å². The molecule has 0 aliphatic carbocycles. The highest BCUT2D eigenvalue weighted by Crippen LogP contribution is 2.35. The first-order valence-electron chi connectivity index (χ1n) is 7.62. The summed E-state index contributed by atoms with van der Waals surface area (Å²) in [6.45, 7) is 4.97. The van der Waals surface area contributed by atoms with Gasteiger partial charge in [0, 0.05) is 31.2 Å². The lowest BCUT2D eigenvalue weighted by Crippen LogP contribution is -2.59. The third kappa shape index (κ3) is 2.16. The first-order valence-corrected chi connectivity index (χ1v) is 7.62. The van der Waals surface area contributed by atoms with Gasteiger partial charge < -0.3 is 20.6 Å². The van der Waals surface area contributed by atoms with Gasteiger partial charge in [-0.25, -0.2) is 0 Å². The molecule has 3 heterocycles. The Hall–Kier alpha value is -2.34. The third-order valence-corrected chi connectivity index (χ3v) is 4.38. The molecule has 2 aliphatic rings.